The van der Waals surface area contributed by atoms with Crippen molar-refractivity contribution >= 4 is 17.6 Å². The van der Waals surface area contributed by atoms with Crippen LogP contribution in [0.3, 0.4) is 0 Å². The molecule has 1 N–H and O–H groups in total. The van der Waals surface area contributed by atoms with Crippen LogP contribution in [0.5, 0.6) is 5.75 Å². The predicted molar refractivity (Wildman–Crippen MR) is 152 cm³/mol. The van der Waals surface area contributed by atoms with Gasteiger partial charge in [-0.3, -0.25) is 9.69 Å². The summed E-state index contributed by atoms with van der Waals surface area (Å²) in [5, 5.41) is 11.2. The van der Waals surface area contributed by atoms with E-state index < -0.39 is 11.4 Å². The van der Waals surface area contributed by atoms with E-state index in [4.69, 9.17) is 21.1 Å². The number of rotatable bonds is 12. The highest BCUT2D eigenvalue weighted by Gasteiger charge is 2.45. The van der Waals surface area contributed by atoms with Crippen molar-refractivity contribution < 1.29 is 19.4 Å². The summed E-state index contributed by atoms with van der Waals surface area (Å²) in [5.41, 5.74) is 1.19. The molecule has 0 aromatic heterocycles. The molecule has 38 heavy (non-hydrogen) atoms. The molecule has 0 radical (unpaired) electrons. The van der Waals surface area contributed by atoms with Crippen LogP contribution >= 0.6 is 11.6 Å². The van der Waals surface area contributed by atoms with Gasteiger partial charge in [0.1, 0.15) is 11.2 Å². The number of nitrogens with zero attached hydrogens (tertiary/aromatic N) is 1. The highest BCUT2D eigenvalue weighted by Crippen LogP contribution is 2.41. The number of likely N-dealkylation sites (tertiary alicyclic amines) is 1. The molecule has 3 aromatic carbocycles. The Morgan fingerprint density at radius 3 is 2.13 bits per heavy atom. The molecule has 0 atom stereocenters. The minimum Gasteiger partial charge on any atom is -0.480 e. The Labute approximate surface area is 230 Å². The fraction of sp³-hybridized carbons (Fsp3) is 0.344. The zero-order valence-electron chi connectivity index (χ0n) is 22.3. The molecule has 0 spiro atoms. The van der Waals surface area contributed by atoms with E-state index in [9.17, 15) is 9.90 Å². The van der Waals surface area contributed by atoms with Gasteiger partial charge in [0.05, 0.1) is 24.0 Å². The van der Waals surface area contributed by atoms with Crippen molar-refractivity contribution in [2.24, 2.45) is 0 Å². The van der Waals surface area contributed by atoms with Crippen molar-refractivity contribution in [2.75, 3.05) is 13.1 Å². The van der Waals surface area contributed by atoms with Crippen LogP contribution in [0, 0.1) is 0 Å². The van der Waals surface area contributed by atoms with E-state index in [1.54, 1.807) is 6.26 Å². The molecule has 0 unspecified atom stereocenters. The van der Waals surface area contributed by atoms with Crippen LogP contribution in [0.2, 0.25) is 5.02 Å². The van der Waals surface area contributed by atoms with E-state index in [-0.39, 0.29) is 11.6 Å². The van der Waals surface area contributed by atoms with E-state index in [0.29, 0.717) is 30.2 Å². The number of carbonyl (C=O) groups is 1. The number of allylic oxidation sites excluding steroid dienone is 1. The molecule has 1 aliphatic rings. The lowest BCUT2D eigenvalue weighted by Crippen LogP contribution is -2.61. The van der Waals surface area contributed by atoms with E-state index in [2.05, 4.69) is 18.7 Å². The van der Waals surface area contributed by atoms with E-state index in [1.807, 2.05) is 91.9 Å². The van der Waals surface area contributed by atoms with Crippen molar-refractivity contribution in [1.82, 2.24) is 4.90 Å². The summed E-state index contributed by atoms with van der Waals surface area (Å²) in [4.78, 5) is 15.3. The molecule has 200 valence electrons. The van der Waals surface area contributed by atoms with Crippen LogP contribution in [-0.4, -0.2) is 40.7 Å². The average Bonchev–Trinajstić information content (AvgIpc) is 2.89. The van der Waals surface area contributed by atoms with Gasteiger partial charge in [-0.2, -0.15) is 0 Å². The highest BCUT2D eigenvalue weighted by atomic mass is 35.5. The molecule has 5 nitrogen and oxygen atoms in total. The molecule has 6 heteroatoms. The number of ether oxygens (including phenoxy) is 2. The van der Waals surface area contributed by atoms with Gasteiger partial charge in [0.2, 0.25) is 0 Å². The fourth-order valence-electron chi connectivity index (χ4n) is 5.05. The summed E-state index contributed by atoms with van der Waals surface area (Å²) in [5.74, 6) is -0.214. The third-order valence-electron chi connectivity index (χ3n) is 7.56. The lowest BCUT2D eigenvalue weighted by Gasteiger charge is -2.50. The number of benzene rings is 3. The Hall–Kier alpha value is -3.12. The van der Waals surface area contributed by atoms with Gasteiger partial charge >= 0.3 is 5.97 Å². The maximum Gasteiger partial charge on any atom is 0.318 e. The molecular weight excluding hydrogens is 498 g/mol. The number of hydrogen-bond acceptors (Lipinski definition) is 4. The van der Waals surface area contributed by atoms with Crippen molar-refractivity contribution in [2.45, 2.75) is 57.3 Å². The molecule has 4 rings (SSSR count). The molecule has 0 bridgehead atoms. The van der Waals surface area contributed by atoms with Gasteiger partial charge in [-0.1, -0.05) is 90.5 Å². The summed E-state index contributed by atoms with van der Waals surface area (Å²) in [6.45, 7) is 8.24. The van der Waals surface area contributed by atoms with Gasteiger partial charge in [0, 0.05) is 24.2 Å². The van der Waals surface area contributed by atoms with Crippen molar-refractivity contribution in [1.29, 1.82) is 0 Å². The minimum atomic E-state index is -1.11. The van der Waals surface area contributed by atoms with Gasteiger partial charge in [0.25, 0.3) is 0 Å². The van der Waals surface area contributed by atoms with Crippen molar-refractivity contribution in [3.63, 3.8) is 0 Å². The molecule has 1 fully saturated rings. The van der Waals surface area contributed by atoms with Crippen LogP contribution in [0.15, 0.2) is 91.2 Å². The summed E-state index contributed by atoms with van der Waals surface area (Å²) in [7, 11) is 0. The summed E-state index contributed by atoms with van der Waals surface area (Å²) >= 11 is 6.50. The van der Waals surface area contributed by atoms with Gasteiger partial charge in [-0.05, 0) is 50.8 Å². The first kappa shape index (κ1) is 27.9. The molecule has 0 aliphatic carbocycles. The quantitative estimate of drug-likeness (QED) is 0.252. The maximum absolute atomic E-state index is 12.9. The SMILES string of the molecule is C/C=C/Oc1cccc(COC2CN(C(C)(C)CCC(C(=O)O)(c3ccccc3)c3ccccc3)C2)c1Cl. The van der Waals surface area contributed by atoms with Gasteiger partial charge in [0.15, 0.2) is 0 Å². The van der Waals surface area contributed by atoms with Crippen LogP contribution in [-0.2, 0) is 21.6 Å². The van der Waals surface area contributed by atoms with E-state index in [0.717, 1.165) is 29.8 Å². The first-order valence-electron chi connectivity index (χ1n) is 13.0. The summed E-state index contributed by atoms with van der Waals surface area (Å²) in [6, 6.07) is 24.9. The number of halogens is 1. The second-order valence-electron chi connectivity index (χ2n) is 10.4. The number of carboxylic acids is 1. The van der Waals surface area contributed by atoms with Crippen molar-refractivity contribution in [3.8, 4) is 5.75 Å². The number of aliphatic carboxylic acids is 1. The molecule has 1 aliphatic heterocycles. The Bertz CT molecular complexity index is 1200. The molecule has 1 heterocycles. The zero-order chi connectivity index (χ0) is 27.2. The predicted octanol–water partition coefficient (Wildman–Crippen LogP) is 7.08. The van der Waals surface area contributed by atoms with Gasteiger partial charge in [-0.25, -0.2) is 0 Å². The Morgan fingerprint density at radius 2 is 1.58 bits per heavy atom. The second-order valence-corrected chi connectivity index (χ2v) is 10.8. The lowest BCUT2D eigenvalue weighted by atomic mass is 9.69. The van der Waals surface area contributed by atoms with Crippen LogP contribution in [0.1, 0.15) is 50.3 Å². The van der Waals surface area contributed by atoms with Crippen LogP contribution < -0.4 is 4.74 Å². The largest absolute Gasteiger partial charge is 0.480 e. The Kier molecular flexibility index (Phi) is 8.93. The molecule has 0 amide bonds. The van der Waals surface area contributed by atoms with Crippen molar-refractivity contribution in [3.05, 3.63) is 113 Å². The topological polar surface area (TPSA) is 59.0 Å². The molecular formula is C32H36ClNO4. The van der Waals surface area contributed by atoms with E-state index >= 15 is 0 Å². The van der Waals surface area contributed by atoms with Gasteiger partial charge < -0.3 is 14.6 Å². The highest BCUT2D eigenvalue weighted by molar-refractivity contribution is 6.32. The zero-order valence-corrected chi connectivity index (χ0v) is 23.0. The number of carboxylic acid groups (broad SMARTS) is 1. The van der Waals surface area contributed by atoms with Crippen LogP contribution in [0.4, 0.5) is 0 Å². The Balaban J connectivity index is 1.40. The minimum absolute atomic E-state index is 0.0953. The summed E-state index contributed by atoms with van der Waals surface area (Å²) in [6.07, 6.45) is 4.71. The Morgan fingerprint density at radius 1 is 0.974 bits per heavy atom. The third-order valence-corrected chi connectivity index (χ3v) is 7.99. The summed E-state index contributed by atoms with van der Waals surface area (Å²) < 4.78 is 11.7. The first-order chi connectivity index (χ1) is 18.3. The first-order valence-corrected chi connectivity index (χ1v) is 13.4. The lowest BCUT2D eigenvalue weighted by molar-refractivity contribution is -0.143. The molecule has 0 saturated carbocycles. The van der Waals surface area contributed by atoms with Gasteiger partial charge in [-0.15, -0.1) is 0 Å². The number of hydrogen-bond donors (Lipinski definition) is 1. The monoisotopic (exact) mass is 533 g/mol. The fourth-order valence-corrected chi connectivity index (χ4v) is 5.28. The molecule has 1 saturated heterocycles. The van der Waals surface area contributed by atoms with Crippen LogP contribution in [0.25, 0.3) is 0 Å². The van der Waals surface area contributed by atoms with E-state index in [1.165, 1.54) is 0 Å². The second kappa shape index (κ2) is 12.2. The standard InChI is InChI=1S/C32H36ClNO4/c1-4-20-37-28-17-11-12-24(29(28)33)23-38-27-21-34(22-27)31(2,3)18-19-32(30(35)36,25-13-7-5-8-14-25)26-15-9-6-10-16-26/h4-17,20,27H,18-19,21-23H2,1-3H3,(H,35,36)/b20-4+. The molecule has 3 aromatic rings. The smallest absolute Gasteiger partial charge is 0.318 e. The third kappa shape index (κ3) is 5.96. The average molecular weight is 534 g/mol. The maximum atomic E-state index is 12.9. The normalized spacial score (nSPS) is 14.9.